The number of nitrogens with zero attached hydrogens (tertiary/aromatic N) is 1. The van der Waals surface area contributed by atoms with Gasteiger partial charge in [-0.15, -0.1) is 0 Å². The van der Waals surface area contributed by atoms with Crippen LogP contribution in [-0.4, -0.2) is 38.1 Å². The van der Waals surface area contributed by atoms with E-state index in [1.54, 1.807) is 14.2 Å². The van der Waals surface area contributed by atoms with Gasteiger partial charge in [0.25, 0.3) is 0 Å². The van der Waals surface area contributed by atoms with Gasteiger partial charge in [0.2, 0.25) is 5.91 Å². The first-order valence-electron chi connectivity index (χ1n) is 12.0. The summed E-state index contributed by atoms with van der Waals surface area (Å²) >= 11 is 0. The van der Waals surface area contributed by atoms with E-state index >= 15 is 0 Å². The number of carbonyl (C=O) groups is 1. The summed E-state index contributed by atoms with van der Waals surface area (Å²) in [6, 6.07) is 27.1. The average Bonchev–Trinajstić information content (AvgIpc) is 2.89. The van der Waals surface area contributed by atoms with Crippen LogP contribution in [0.2, 0.25) is 0 Å². The maximum absolute atomic E-state index is 13.1. The Kier molecular flexibility index (Phi) is 8.21. The second kappa shape index (κ2) is 11.7. The Morgan fingerprint density at radius 3 is 2.18 bits per heavy atom. The largest absolute Gasteiger partial charge is 0.497 e. The van der Waals surface area contributed by atoms with Crippen molar-refractivity contribution in [3.05, 3.63) is 95.6 Å². The van der Waals surface area contributed by atoms with Gasteiger partial charge in [0, 0.05) is 31.7 Å². The molecule has 5 heteroatoms. The van der Waals surface area contributed by atoms with Crippen LogP contribution in [0.15, 0.2) is 78.9 Å². The summed E-state index contributed by atoms with van der Waals surface area (Å²) in [7, 11) is 3.34. The highest BCUT2D eigenvalue weighted by Gasteiger charge is 2.32. The Hall–Kier alpha value is -3.31. The van der Waals surface area contributed by atoms with Gasteiger partial charge < -0.3 is 14.8 Å². The number of ether oxygens (including phenoxy) is 2. The maximum Gasteiger partial charge on any atom is 0.224 e. The SMILES string of the molecule is COc1cc(CN2CC(C(=O)NCCc3ccccc3)CCC2c2ccccc2)cc(OC)c1. The second-order valence-corrected chi connectivity index (χ2v) is 8.88. The lowest BCUT2D eigenvalue weighted by Crippen LogP contribution is -2.44. The number of likely N-dealkylation sites (tertiary alicyclic amines) is 1. The predicted molar refractivity (Wildman–Crippen MR) is 135 cm³/mol. The first-order chi connectivity index (χ1) is 16.7. The van der Waals surface area contributed by atoms with Gasteiger partial charge in [0.1, 0.15) is 11.5 Å². The smallest absolute Gasteiger partial charge is 0.224 e. The molecule has 2 atom stereocenters. The molecule has 4 rings (SSSR count). The number of rotatable bonds is 9. The van der Waals surface area contributed by atoms with Gasteiger partial charge in [0.15, 0.2) is 0 Å². The third kappa shape index (κ3) is 6.17. The molecule has 0 bridgehead atoms. The molecule has 1 amide bonds. The molecule has 5 nitrogen and oxygen atoms in total. The van der Waals surface area contributed by atoms with Crippen LogP contribution in [0.25, 0.3) is 0 Å². The fourth-order valence-corrected chi connectivity index (χ4v) is 4.80. The van der Waals surface area contributed by atoms with Crippen LogP contribution in [0, 0.1) is 5.92 Å². The van der Waals surface area contributed by atoms with Crippen LogP contribution in [0.5, 0.6) is 11.5 Å². The number of nitrogens with one attached hydrogen (secondary N) is 1. The van der Waals surface area contributed by atoms with Gasteiger partial charge >= 0.3 is 0 Å². The summed E-state index contributed by atoms with van der Waals surface area (Å²) in [4.78, 5) is 15.5. The quantitative estimate of drug-likeness (QED) is 0.489. The van der Waals surface area contributed by atoms with Crippen LogP contribution in [0.1, 0.15) is 35.6 Å². The van der Waals surface area contributed by atoms with Crippen LogP contribution >= 0.6 is 0 Å². The van der Waals surface area contributed by atoms with E-state index < -0.39 is 0 Å². The molecule has 1 fully saturated rings. The summed E-state index contributed by atoms with van der Waals surface area (Å²) in [5, 5.41) is 3.17. The molecule has 1 aliphatic heterocycles. The average molecular weight is 459 g/mol. The molecule has 0 radical (unpaired) electrons. The number of piperidine rings is 1. The topological polar surface area (TPSA) is 50.8 Å². The lowest BCUT2D eigenvalue weighted by molar-refractivity contribution is -0.127. The van der Waals surface area contributed by atoms with Crippen molar-refractivity contribution in [3.63, 3.8) is 0 Å². The lowest BCUT2D eigenvalue weighted by atomic mass is 9.88. The molecular weight excluding hydrogens is 424 g/mol. The molecule has 1 aliphatic rings. The van der Waals surface area contributed by atoms with Crippen molar-refractivity contribution in [1.29, 1.82) is 0 Å². The summed E-state index contributed by atoms with van der Waals surface area (Å²) in [5.41, 5.74) is 3.65. The minimum atomic E-state index is -0.0248. The van der Waals surface area contributed by atoms with Crippen molar-refractivity contribution in [2.24, 2.45) is 5.92 Å². The number of amides is 1. The highest BCUT2D eigenvalue weighted by molar-refractivity contribution is 5.79. The number of methoxy groups -OCH3 is 2. The fraction of sp³-hybridized carbons (Fsp3) is 0.345. The first-order valence-corrected chi connectivity index (χ1v) is 12.0. The molecule has 0 aromatic heterocycles. The van der Waals surface area contributed by atoms with Crippen LogP contribution in [0.4, 0.5) is 0 Å². The zero-order valence-electron chi connectivity index (χ0n) is 20.1. The first kappa shape index (κ1) is 23.8. The normalized spacial score (nSPS) is 18.3. The zero-order chi connectivity index (χ0) is 23.8. The van der Waals surface area contributed by atoms with Gasteiger partial charge in [-0.05, 0) is 48.1 Å². The third-order valence-electron chi connectivity index (χ3n) is 6.59. The van der Waals surface area contributed by atoms with Crippen LogP contribution < -0.4 is 14.8 Å². The Labute approximate surface area is 202 Å². The maximum atomic E-state index is 13.1. The van der Waals surface area contributed by atoms with Crippen molar-refractivity contribution in [2.45, 2.75) is 31.8 Å². The molecule has 3 aromatic rings. The number of benzene rings is 3. The summed E-state index contributed by atoms with van der Waals surface area (Å²) in [6.07, 6.45) is 2.68. The van der Waals surface area contributed by atoms with E-state index in [4.69, 9.17) is 9.47 Å². The fourth-order valence-electron chi connectivity index (χ4n) is 4.80. The molecule has 0 aliphatic carbocycles. The molecule has 34 heavy (non-hydrogen) atoms. The Morgan fingerprint density at radius 1 is 0.882 bits per heavy atom. The molecule has 1 N–H and O–H groups in total. The molecule has 1 saturated heterocycles. The van der Waals surface area contributed by atoms with Crippen molar-refractivity contribution in [3.8, 4) is 11.5 Å². The van der Waals surface area contributed by atoms with E-state index in [1.165, 1.54) is 11.1 Å². The summed E-state index contributed by atoms with van der Waals surface area (Å²) < 4.78 is 11.0. The molecule has 2 unspecified atom stereocenters. The van der Waals surface area contributed by atoms with E-state index in [2.05, 4.69) is 46.6 Å². The van der Waals surface area contributed by atoms with Gasteiger partial charge in [0.05, 0.1) is 20.1 Å². The lowest BCUT2D eigenvalue weighted by Gasteiger charge is -2.39. The minimum Gasteiger partial charge on any atom is -0.497 e. The molecule has 178 valence electrons. The number of hydrogen-bond donors (Lipinski definition) is 1. The van der Waals surface area contributed by atoms with E-state index in [9.17, 15) is 4.79 Å². The molecular formula is C29H34N2O3. The highest BCUT2D eigenvalue weighted by atomic mass is 16.5. The van der Waals surface area contributed by atoms with Gasteiger partial charge in [-0.3, -0.25) is 9.69 Å². The van der Waals surface area contributed by atoms with Crippen molar-refractivity contribution in [1.82, 2.24) is 10.2 Å². The van der Waals surface area contributed by atoms with Gasteiger partial charge in [-0.2, -0.15) is 0 Å². The van der Waals surface area contributed by atoms with Crippen molar-refractivity contribution in [2.75, 3.05) is 27.3 Å². The van der Waals surface area contributed by atoms with Crippen molar-refractivity contribution < 1.29 is 14.3 Å². The van der Waals surface area contributed by atoms with E-state index in [1.807, 2.05) is 42.5 Å². The van der Waals surface area contributed by atoms with Gasteiger partial charge in [-0.25, -0.2) is 0 Å². The number of carbonyl (C=O) groups excluding carboxylic acids is 1. The van der Waals surface area contributed by atoms with Crippen molar-refractivity contribution >= 4 is 5.91 Å². The predicted octanol–water partition coefficient (Wildman–Crippen LogP) is 5.02. The summed E-state index contributed by atoms with van der Waals surface area (Å²) in [6.45, 7) is 2.10. The van der Waals surface area contributed by atoms with Crippen LogP contribution in [-0.2, 0) is 17.8 Å². The minimum absolute atomic E-state index is 0.0248. The standard InChI is InChI=1S/C29H34N2O3/c1-33-26-17-23(18-27(19-26)34-2)20-31-21-25(13-14-28(31)24-11-7-4-8-12-24)29(32)30-16-15-22-9-5-3-6-10-22/h3-12,17-19,25,28H,13-16,20-21H2,1-2H3,(H,30,32). The van der Waals surface area contributed by atoms with Crippen LogP contribution in [0.3, 0.4) is 0 Å². The molecule has 1 heterocycles. The molecule has 0 saturated carbocycles. The monoisotopic (exact) mass is 458 g/mol. The third-order valence-corrected chi connectivity index (χ3v) is 6.59. The summed E-state index contributed by atoms with van der Waals surface area (Å²) in [5.74, 6) is 1.68. The van der Waals surface area contributed by atoms with E-state index in [-0.39, 0.29) is 17.9 Å². The van der Waals surface area contributed by atoms with Gasteiger partial charge in [-0.1, -0.05) is 60.7 Å². The van der Waals surface area contributed by atoms with E-state index in [0.717, 1.165) is 49.4 Å². The van der Waals surface area contributed by atoms with E-state index in [0.29, 0.717) is 6.54 Å². The zero-order valence-corrected chi connectivity index (χ0v) is 20.1. The molecule has 3 aromatic carbocycles. The Balaban J connectivity index is 1.46. The Bertz CT molecular complexity index is 1030. The molecule has 0 spiro atoms. The Morgan fingerprint density at radius 2 is 1.53 bits per heavy atom. The number of hydrogen-bond acceptors (Lipinski definition) is 4. The highest BCUT2D eigenvalue weighted by Crippen LogP contribution is 2.35. The second-order valence-electron chi connectivity index (χ2n) is 8.88.